The van der Waals surface area contributed by atoms with Gasteiger partial charge in [-0.25, -0.2) is 15.2 Å². The standard InChI is InChI=1S/C17H19ClN6O2/c1-4-9-24-13-14(23(3)17(26)20-15(13)25)19-16(24)22-21-10(2)11-5-7-12(18)8-6-11/h4-8,13-14H,1,9H2,2-3H3,(H,19,22)(H,20,25,26)/b21-10-. The van der Waals surface area contributed by atoms with Crippen LogP contribution in [0.2, 0.25) is 5.02 Å². The second kappa shape index (κ2) is 7.17. The summed E-state index contributed by atoms with van der Waals surface area (Å²) in [7, 11) is 1.60. The van der Waals surface area contributed by atoms with Crippen LogP contribution < -0.4 is 10.7 Å². The van der Waals surface area contributed by atoms with E-state index in [-0.39, 0.29) is 5.91 Å². The molecule has 0 aliphatic carbocycles. The molecule has 9 heteroatoms. The summed E-state index contributed by atoms with van der Waals surface area (Å²) < 4.78 is 0. The molecular weight excluding hydrogens is 356 g/mol. The highest BCUT2D eigenvalue weighted by Crippen LogP contribution is 2.23. The number of fused-ring (bicyclic) bond motifs is 1. The maximum atomic E-state index is 12.3. The molecule has 0 saturated carbocycles. The van der Waals surface area contributed by atoms with Crippen LogP contribution in [0.15, 0.2) is 47.0 Å². The van der Waals surface area contributed by atoms with E-state index in [9.17, 15) is 9.59 Å². The molecule has 2 atom stereocenters. The SMILES string of the molecule is C=CCN1C(N/N=C(/C)c2ccc(Cl)cc2)=NC2C1C(=O)NC(=O)N2C. The number of hydrogen-bond acceptors (Lipinski definition) is 6. The molecule has 0 radical (unpaired) electrons. The van der Waals surface area contributed by atoms with Gasteiger partial charge in [-0.15, -0.1) is 6.58 Å². The molecule has 2 heterocycles. The Bertz CT molecular complexity index is 804. The van der Waals surface area contributed by atoms with E-state index in [4.69, 9.17) is 11.6 Å². The van der Waals surface area contributed by atoms with Gasteiger partial charge in [0.2, 0.25) is 5.96 Å². The zero-order chi connectivity index (χ0) is 18.8. The number of likely N-dealkylation sites (N-methyl/N-ethyl adjacent to an activating group) is 1. The van der Waals surface area contributed by atoms with Gasteiger partial charge in [0.1, 0.15) is 0 Å². The van der Waals surface area contributed by atoms with Gasteiger partial charge in [-0.2, -0.15) is 5.10 Å². The van der Waals surface area contributed by atoms with Crippen LogP contribution in [0.5, 0.6) is 0 Å². The van der Waals surface area contributed by atoms with Crippen molar-refractivity contribution >= 4 is 35.2 Å². The van der Waals surface area contributed by atoms with Gasteiger partial charge in [0.15, 0.2) is 12.2 Å². The predicted octanol–water partition coefficient (Wildman–Crippen LogP) is 1.39. The Morgan fingerprint density at radius 3 is 2.77 bits per heavy atom. The Morgan fingerprint density at radius 2 is 2.12 bits per heavy atom. The summed E-state index contributed by atoms with van der Waals surface area (Å²) in [6.07, 6.45) is 1.06. The highest BCUT2D eigenvalue weighted by molar-refractivity contribution is 6.30. The van der Waals surface area contributed by atoms with Gasteiger partial charge in [0.25, 0.3) is 5.91 Å². The van der Waals surface area contributed by atoms with E-state index in [2.05, 4.69) is 27.4 Å². The molecule has 3 rings (SSSR count). The predicted molar refractivity (Wildman–Crippen MR) is 100 cm³/mol. The lowest BCUT2D eigenvalue weighted by molar-refractivity contribution is -0.126. The monoisotopic (exact) mass is 374 g/mol. The number of urea groups is 1. The fourth-order valence-corrected chi connectivity index (χ4v) is 2.97. The van der Waals surface area contributed by atoms with Gasteiger partial charge in [-0.1, -0.05) is 29.8 Å². The first kappa shape index (κ1) is 17.9. The van der Waals surface area contributed by atoms with Crippen LogP contribution in [0.3, 0.4) is 0 Å². The van der Waals surface area contributed by atoms with Crippen LogP contribution in [0.1, 0.15) is 12.5 Å². The molecule has 136 valence electrons. The number of rotatable bonds is 4. The average Bonchev–Trinajstić information content (AvgIpc) is 2.98. The van der Waals surface area contributed by atoms with Crippen LogP contribution in [0, 0.1) is 0 Å². The van der Waals surface area contributed by atoms with E-state index in [1.165, 1.54) is 4.90 Å². The largest absolute Gasteiger partial charge is 0.325 e. The third kappa shape index (κ3) is 3.28. The number of hydrazone groups is 1. The molecular formula is C17H19ClN6O2. The number of hydrogen-bond donors (Lipinski definition) is 2. The van der Waals surface area contributed by atoms with Crippen LogP contribution in [0.4, 0.5) is 4.79 Å². The molecule has 8 nitrogen and oxygen atoms in total. The van der Waals surface area contributed by atoms with Gasteiger partial charge >= 0.3 is 6.03 Å². The first-order valence-corrected chi connectivity index (χ1v) is 8.39. The van der Waals surface area contributed by atoms with Crippen molar-refractivity contribution in [3.8, 4) is 0 Å². The lowest BCUT2D eigenvalue weighted by atomic mass is 10.1. The zero-order valence-electron chi connectivity index (χ0n) is 14.4. The normalized spacial score (nSPS) is 22.7. The van der Waals surface area contributed by atoms with Crippen molar-refractivity contribution in [1.82, 2.24) is 20.5 Å². The highest BCUT2D eigenvalue weighted by atomic mass is 35.5. The van der Waals surface area contributed by atoms with Crippen LogP contribution in [-0.2, 0) is 4.79 Å². The molecule has 1 saturated heterocycles. The number of guanidine groups is 1. The lowest BCUT2D eigenvalue weighted by Crippen LogP contribution is -2.64. The summed E-state index contributed by atoms with van der Waals surface area (Å²) in [5.74, 6) is 0.0174. The molecule has 1 aromatic carbocycles. The van der Waals surface area contributed by atoms with Crippen molar-refractivity contribution in [3.05, 3.63) is 47.5 Å². The number of carbonyl (C=O) groups excluding carboxylic acids is 2. The minimum Gasteiger partial charge on any atom is -0.322 e. The number of benzene rings is 1. The van der Waals surface area contributed by atoms with E-state index in [0.717, 1.165) is 11.3 Å². The lowest BCUT2D eigenvalue weighted by Gasteiger charge is -2.35. The van der Waals surface area contributed by atoms with Crippen molar-refractivity contribution in [1.29, 1.82) is 0 Å². The summed E-state index contributed by atoms with van der Waals surface area (Å²) >= 11 is 5.90. The van der Waals surface area contributed by atoms with E-state index >= 15 is 0 Å². The van der Waals surface area contributed by atoms with Crippen molar-refractivity contribution in [2.24, 2.45) is 10.1 Å². The quantitative estimate of drug-likeness (QED) is 0.473. The molecule has 2 N–H and O–H groups in total. The van der Waals surface area contributed by atoms with Crippen molar-refractivity contribution in [2.75, 3.05) is 13.6 Å². The van der Waals surface area contributed by atoms with E-state index in [1.807, 2.05) is 19.1 Å². The molecule has 0 bridgehead atoms. The molecule has 26 heavy (non-hydrogen) atoms. The van der Waals surface area contributed by atoms with Crippen molar-refractivity contribution < 1.29 is 9.59 Å². The van der Waals surface area contributed by atoms with Gasteiger partial charge in [0.05, 0.1) is 5.71 Å². The summed E-state index contributed by atoms with van der Waals surface area (Å²) in [5.41, 5.74) is 4.54. The van der Waals surface area contributed by atoms with Gasteiger partial charge < -0.3 is 9.80 Å². The summed E-state index contributed by atoms with van der Waals surface area (Å²) in [4.78, 5) is 31.7. The van der Waals surface area contributed by atoms with Crippen LogP contribution >= 0.6 is 11.6 Å². The smallest absolute Gasteiger partial charge is 0.322 e. The molecule has 2 aliphatic heterocycles. The Morgan fingerprint density at radius 1 is 1.42 bits per heavy atom. The Labute approximate surface area is 156 Å². The third-order valence-corrected chi connectivity index (χ3v) is 4.52. The number of carbonyl (C=O) groups is 2. The summed E-state index contributed by atoms with van der Waals surface area (Å²) in [6, 6.07) is 6.20. The number of amides is 3. The maximum absolute atomic E-state index is 12.3. The number of aliphatic imine (C=N–C) groups is 1. The minimum atomic E-state index is -0.621. The fraction of sp³-hybridized carbons (Fsp3) is 0.294. The second-order valence-corrected chi connectivity index (χ2v) is 6.41. The second-order valence-electron chi connectivity index (χ2n) is 5.97. The van der Waals surface area contributed by atoms with Crippen LogP contribution in [0.25, 0.3) is 0 Å². The Balaban J connectivity index is 1.84. The van der Waals surface area contributed by atoms with Crippen molar-refractivity contribution in [2.45, 2.75) is 19.1 Å². The summed E-state index contributed by atoms with van der Waals surface area (Å²) in [6.45, 7) is 5.95. The molecule has 1 aromatic rings. The third-order valence-electron chi connectivity index (χ3n) is 4.27. The average molecular weight is 375 g/mol. The molecule has 1 fully saturated rings. The number of nitrogens with zero attached hydrogens (tertiary/aromatic N) is 4. The van der Waals surface area contributed by atoms with Crippen LogP contribution in [-0.4, -0.2) is 59.2 Å². The van der Waals surface area contributed by atoms with E-state index in [0.29, 0.717) is 17.5 Å². The molecule has 0 aromatic heterocycles. The van der Waals surface area contributed by atoms with Gasteiger partial charge in [0, 0.05) is 18.6 Å². The molecule has 0 spiro atoms. The fourth-order valence-electron chi connectivity index (χ4n) is 2.85. The highest BCUT2D eigenvalue weighted by Gasteiger charge is 2.48. The molecule has 2 aliphatic rings. The maximum Gasteiger partial charge on any atom is 0.325 e. The van der Waals surface area contributed by atoms with Crippen molar-refractivity contribution in [3.63, 3.8) is 0 Å². The Hall–Kier alpha value is -2.87. The molecule has 3 amide bonds. The summed E-state index contributed by atoms with van der Waals surface area (Å²) in [5, 5.41) is 7.32. The first-order chi connectivity index (χ1) is 12.4. The van der Waals surface area contributed by atoms with E-state index in [1.54, 1.807) is 30.2 Å². The molecule has 2 unspecified atom stereocenters. The number of nitrogens with one attached hydrogen (secondary N) is 2. The number of halogens is 1. The minimum absolute atomic E-state index is 0.387. The van der Waals surface area contributed by atoms with E-state index < -0.39 is 18.2 Å². The Kier molecular flexibility index (Phi) is 4.94. The topological polar surface area (TPSA) is 89.4 Å². The van der Waals surface area contributed by atoms with Gasteiger partial charge in [-0.05, 0) is 24.6 Å². The van der Waals surface area contributed by atoms with Gasteiger partial charge in [-0.3, -0.25) is 10.1 Å². The first-order valence-electron chi connectivity index (χ1n) is 8.01. The number of imide groups is 1. The zero-order valence-corrected chi connectivity index (χ0v) is 15.2.